The van der Waals surface area contributed by atoms with Crippen molar-refractivity contribution in [3.05, 3.63) is 71.3 Å². The molecule has 0 radical (unpaired) electrons. The fraction of sp³-hybridized carbons (Fsp3) is 0.348. The lowest BCUT2D eigenvalue weighted by molar-refractivity contribution is -0.134. The Morgan fingerprint density at radius 2 is 1.48 bits per heavy atom. The SMILES string of the molecule is CCCN(CCC)C(=O)[C@H](CO)NC(=O)c1cccc(C(=O)c2ccccc2)c1. The summed E-state index contributed by atoms with van der Waals surface area (Å²) in [5.74, 6) is -0.999. The van der Waals surface area contributed by atoms with E-state index in [2.05, 4.69) is 5.32 Å². The highest BCUT2D eigenvalue weighted by molar-refractivity contribution is 6.10. The molecule has 0 aliphatic heterocycles. The minimum absolute atomic E-state index is 0.188. The van der Waals surface area contributed by atoms with Crippen molar-refractivity contribution in [3.63, 3.8) is 0 Å². The maximum absolute atomic E-state index is 12.7. The van der Waals surface area contributed by atoms with E-state index in [-0.39, 0.29) is 17.3 Å². The standard InChI is InChI=1S/C23H28N2O4/c1-3-13-25(14-4-2)23(29)20(16-26)24-22(28)19-12-8-11-18(15-19)21(27)17-9-6-5-7-10-17/h5-12,15,20,26H,3-4,13-14,16H2,1-2H3,(H,24,28)/t20-/m0/s1. The van der Waals surface area contributed by atoms with Crippen LogP contribution in [0.2, 0.25) is 0 Å². The molecule has 0 aliphatic rings. The van der Waals surface area contributed by atoms with Crippen molar-refractivity contribution in [1.29, 1.82) is 0 Å². The van der Waals surface area contributed by atoms with E-state index in [9.17, 15) is 19.5 Å². The van der Waals surface area contributed by atoms with Crippen molar-refractivity contribution in [2.75, 3.05) is 19.7 Å². The average Bonchev–Trinajstić information content (AvgIpc) is 2.76. The fourth-order valence-corrected chi connectivity index (χ4v) is 3.08. The molecule has 6 heteroatoms. The second-order valence-electron chi connectivity index (χ2n) is 6.81. The predicted molar refractivity (Wildman–Crippen MR) is 112 cm³/mol. The molecule has 0 bridgehead atoms. The van der Waals surface area contributed by atoms with Crippen LogP contribution in [0.3, 0.4) is 0 Å². The largest absolute Gasteiger partial charge is 0.394 e. The Morgan fingerprint density at radius 1 is 0.897 bits per heavy atom. The zero-order chi connectivity index (χ0) is 21.2. The Labute approximate surface area is 171 Å². The van der Waals surface area contributed by atoms with E-state index in [0.717, 1.165) is 12.8 Å². The first-order valence-electron chi connectivity index (χ1n) is 9.92. The molecule has 2 N–H and O–H groups in total. The summed E-state index contributed by atoms with van der Waals surface area (Å²) in [6, 6.07) is 14.1. The van der Waals surface area contributed by atoms with Crippen LogP contribution in [0, 0.1) is 0 Å². The first kappa shape index (κ1) is 22.3. The van der Waals surface area contributed by atoms with E-state index in [0.29, 0.717) is 24.2 Å². The van der Waals surface area contributed by atoms with E-state index in [4.69, 9.17) is 0 Å². The number of benzene rings is 2. The van der Waals surface area contributed by atoms with Gasteiger partial charge in [0, 0.05) is 29.8 Å². The maximum atomic E-state index is 12.7. The third kappa shape index (κ3) is 5.99. The van der Waals surface area contributed by atoms with Crippen LogP contribution < -0.4 is 5.32 Å². The third-order valence-corrected chi connectivity index (χ3v) is 4.51. The Morgan fingerprint density at radius 3 is 2.07 bits per heavy atom. The number of nitrogens with one attached hydrogen (secondary N) is 1. The number of hydrogen-bond acceptors (Lipinski definition) is 4. The summed E-state index contributed by atoms with van der Waals surface area (Å²) in [7, 11) is 0. The first-order chi connectivity index (χ1) is 14.0. The highest BCUT2D eigenvalue weighted by Gasteiger charge is 2.25. The lowest BCUT2D eigenvalue weighted by atomic mass is 10.0. The van der Waals surface area contributed by atoms with Crippen molar-refractivity contribution < 1.29 is 19.5 Å². The molecule has 154 valence electrons. The molecule has 0 spiro atoms. The zero-order valence-corrected chi connectivity index (χ0v) is 16.9. The molecule has 0 aromatic heterocycles. The topological polar surface area (TPSA) is 86.7 Å². The minimum Gasteiger partial charge on any atom is -0.394 e. The van der Waals surface area contributed by atoms with Crippen LogP contribution in [0.5, 0.6) is 0 Å². The second-order valence-corrected chi connectivity index (χ2v) is 6.81. The molecule has 0 saturated carbocycles. The van der Waals surface area contributed by atoms with E-state index in [1.54, 1.807) is 47.4 Å². The van der Waals surface area contributed by atoms with Gasteiger partial charge < -0.3 is 15.3 Å². The molecule has 2 aromatic rings. The van der Waals surface area contributed by atoms with Gasteiger partial charge in [-0.1, -0.05) is 56.3 Å². The summed E-state index contributed by atoms with van der Waals surface area (Å²) in [5, 5.41) is 12.2. The van der Waals surface area contributed by atoms with Crippen molar-refractivity contribution in [1.82, 2.24) is 10.2 Å². The highest BCUT2D eigenvalue weighted by atomic mass is 16.3. The lowest BCUT2D eigenvalue weighted by Gasteiger charge is -2.26. The van der Waals surface area contributed by atoms with Gasteiger partial charge in [-0.25, -0.2) is 0 Å². The molecular formula is C23H28N2O4. The van der Waals surface area contributed by atoms with Gasteiger partial charge in [-0.05, 0) is 25.0 Å². The number of hydrogen-bond donors (Lipinski definition) is 2. The number of carbonyl (C=O) groups is 3. The fourth-order valence-electron chi connectivity index (χ4n) is 3.08. The van der Waals surface area contributed by atoms with E-state index >= 15 is 0 Å². The smallest absolute Gasteiger partial charge is 0.252 e. The molecule has 0 aliphatic carbocycles. The number of ketones is 1. The predicted octanol–water partition coefficient (Wildman–Crippen LogP) is 2.66. The Bertz CT molecular complexity index is 830. The number of aliphatic hydroxyl groups excluding tert-OH is 1. The number of carbonyl (C=O) groups excluding carboxylic acids is 3. The molecule has 6 nitrogen and oxygen atoms in total. The van der Waals surface area contributed by atoms with Gasteiger partial charge in [0.1, 0.15) is 6.04 Å². The maximum Gasteiger partial charge on any atom is 0.252 e. The van der Waals surface area contributed by atoms with Crippen LogP contribution in [0.4, 0.5) is 0 Å². The van der Waals surface area contributed by atoms with Crippen LogP contribution in [0.25, 0.3) is 0 Å². The first-order valence-corrected chi connectivity index (χ1v) is 9.92. The van der Waals surface area contributed by atoms with Crippen molar-refractivity contribution in [3.8, 4) is 0 Å². The average molecular weight is 396 g/mol. The molecular weight excluding hydrogens is 368 g/mol. The summed E-state index contributed by atoms with van der Waals surface area (Å²) in [5.41, 5.74) is 1.17. The molecule has 0 heterocycles. The van der Waals surface area contributed by atoms with Crippen LogP contribution in [-0.2, 0) is 4.79 Å². The van der Waals surface area contributed by atoms with Gasteiger partial charge in [-0.3, -0.25) is 14.4 Å². The van der Waals surface area contributed by atoms with Gasteiger partial charge in [-0.2, -0.15) is 0 Å². The van der Waals surface area contributed by atoms with Gasteiger partial charge in [0.2, 0.25) is 5.91 Å². The highest BCUT2D eigenvalue weighted by Crippen LogP contribution is 2.12. The quantitative estimate of drug-likeness (QED) is 0.605. The van der Waals surface area contributed by atoms with Crippen LogP contribution in [0.15, 0.2) is 54.6 Å². The molecule has 1 atom stereocenters. The summed E-state index contributed by atoms with van der Waals surface area (Å²) in [4.78, 5) is 39.6. The number of aliphatic hydroxyl groups is 1. The van der Waals surface area contributed by atoms with E-state index in [1.807, 2.05) is 19.9 Å². The van der Waals surface area contributed by atoms with Gasteiger partial charge in [0.25, 0.3) is 5.91 Å². The number of rotatable bonds is 10. The minimum atomic E-state index is -1.02. The monoisotopic (exact) mass is 396 g/mol. The Hall–Kier alpha value is -2.99. The molecule has 2 aromatic carbocycles. The molecule has 0 fully saturated rings. The lowest BCUT2D eigenvalue weighted by Crippen LogP contribution is -2.51. The van der Waals surface area contributed by atoms with Gasteiger partial charge in [0.05, 0.1) is 6.61 Å². The Kier molecular flexibility index (Phi) is 8.55. The summed E-state index contributed by atoms with van der Waals surface area (Å²) in [6.07, 6.45) is 1.59. The zero-order valence-electron chi connectivity index (χ0n) is 16.9. The van der Waals surface area contributed by atoms with Gasteiger partial charge in [0.15, 0.2) is 5.78 Å². The number of nitrogens with zero attached hydrogens (tertiary/aromatic N) is 1. The molecule has 2 amide bonds. The molecule has 0 unspecified atom stereocenters. The van der Waals surface area contributed by atoms with Crippen LogP contribution in [0.1, 0.15) is 53.0 Å². The summed E-state index contributed by atoms with van der Waals surface area (Å²) < 4.78 is 0. The Balaban J connectivity index is 2.15. The normalized spacial score (nSPS) is 11.6. The van der Waals surface area contributed by atoms with Gasteiger partial charge >= 0.3 is 0 Å². The van der Waals surface area contributed by atoms with Crippen molar-refractivity contribution >= 4 is 17.6 Å². The van der Waals surface area contributed by atoms with E-state index in [1.165, 1.54) is 6.07 Å². The van der Waals surface area contributed by atoms with Crippen LogP contribution >= 0.6 is 0 Å². The van der Waals surface area contributed by atoms with E-state index < -0.39 is 18.6 Å². The second kappa shape index (κ2) is 11.1. The van der Waals surface area contributed by atoms with Crippen LogP contribution in [-0.4, -0.2) is 53.3 Å². The van der Waals surface area contributed by atoms with Crippen molar-refractivity contribution in [2.45, 2.75) is 32.7 Å². The van der Waals surface area contributed by atoms with Crippen molar-refractivity contribution in [2.24, 2.45) is 0 Å². The molecule has 0 saturated heterocycles. The molecule has 29 heavy (non-hydrogen) atoms. The summed E-state index contributed by atoms with van der Waals surface area (Å²) >= 11 is 0. The molecule has 2 rings (SSSR count). The van der Waals surface area contributed by atoms with Gasteiger partial charge in [-0.15, -0.1) is 0 Å². The third-order valence-electron chi connectivity index (χ3n) is 4.51. The number of amides is 2. The summed E-state index contributed by atoms with van der Waals surface area (Å²) in [6.45, 7) is 4.59.